The number of nitrogens with zero attached hydrogens (tertiary/aromatic N) is 2. The fourth-order valence-electron chi connectivity index (χ4n) is 1.79. The molecule has 1 saturated heterocycles. The third kappa shape index (κ3) is 2.76. The molecule has 0 bridgehead atoms. The molecule has 0 aromatic carbocycles. The first-order valence-electron chi connectivity index (χ1n) is 5.40. The van der Waals surface area contributed by atoms with Crippen LogP contribution in [0.1, 0.15) is 31.5 Å². The van der Waals surface area contributed by atoms with Crippen molar-refractivity contribution in [1.82, 2.24) is 15.5 Å². The fraction of sp³-hybridized carbons (Fsp3) is 0.800. The van der Waals surface area contributed by atoms with Crippen molar-refractivity contribution in [2.45, 2.75) is 45.4 Å². The molecule has 2 rings (SSSR count). The molecule has 2 heterocycles. The smallest absolute Gasteiger partial charge is 0.223 e. The highest BCUT2D eigenvalue weighted by Crippen LogP contribution is 2.15. The van der Waals surface area contributed by atoms with Gasteiger partial charge in [0.05, 0.1) is 12.6 Å². The summed E-state index contributed by atoms with van der Waals surface area (Å²) in [5.74, 6) is 1.31. The topological polar surface area (TPSA) is 60.2 Å². The first-order chi connectivity index (χ1) is 7.25. The van der Waals surface area contributed by atoms with Crippen LogP contribution in [0.5, 0.6) is 0 Å². The van der Waals surface area contributed by atoms with Crippen LogP contribution in [0.2, 0.25) is 0 Å². The zero-order valence-electron chi connectivity index (χ0n) is 9.19. The lowest BCUT2D eigenvalue weighted by molar-refractivity contribution is 0.0829. The van der Waals surface area contributed by atoms with Crippen LogP contribution in [0, 0.1) is 6.92 Å². The lowest BCUT2D eigenvalue weighted by Crippen LogP contribution is -2.36. The molecular weight excluding hydrogens is 194 g/mol. The summed E-state index contributed by atoms with van der Waals surface area (Å²) in [6.45, 7) is 5.44. The Kier molecular flexibility index (Phi) is 3.33. The van der Waals surface area contributed by atoms with E-state index in [-0.39, 0.29) is 0 Å². The number of ether oxygens (including phenoxy) is 1. The third-order valence-corrected chi connectivity index (χ3v) is 2.67. The van der Waals surface area contributed by atoms with Crippen LogP contribution in [-0.2, 0) is 11.3 Å². The third-order valence-electron chi connectivity index (χ3n) is 2.67. The molecule has 0 aliphatic carbocycles. The van der Waals surface area contributed by atoms with Gasteiger partial charge in [0, 0.05) is 19.6 Å². The average Bonchev–Trinajstić information content (AvgIpc) is 2.84. The Morgan fingerprint density at radius 1 is 1.60 bits per heavy atom. The van der Waals surface area contributed by atoms with E-state index >= 15 is 0 Å². The van der Waals surface area contributed by atoms with Gasteiger partial charge in [0.25, 0.3) is 0 Å². The van der Waals surface area contributed by atoms with Crippen LogP contribution in [0.4, 0.5) is 0 Å². The number of aryl methyl sites for hydroxylation is 1. The largest absolute Gasteiger partial charge is 0.377 e. The molecule has 1 aromatic rings. The van der Waals surface area contributed by atoms with Crippen molar-refractivity contribution in [3.63, 3.8) is 0 Å². The van der Waals surface area contributed by atoms with Crippen molar-refractivity contribution >= 4 is 0 Å². The highest BCUT2D eigenvalue weighted by Gasteiger charge is 2.22. The van der Waals surface area contributed by atoms with Crippen LogP contribution < -0.4 is 5.32 Å². The van der Waals surface area contributed by atoms with Crippen molar-refractivity contribution in [2.24, 2.45) is 0 Å². The average molecular weight is 211 g/mol. The first kappa shape index (κ1) is 10.6. The van der Waals surface area contributed by atoms with E-state index in [2.05, 4.69) is 22.4 Å². The van der Waals surface area contributed by atoms with Crippen LogP contribution >= 0.6 is 0 Å². The second-order valence-corrected chi connectivity index (χ2v) is 3.95. The molecule has 1 aliphatic rings. The van der Waals surface area contributed by atoms with Crippen molar-refractivity contribution in [3.8, 4) is 0 Å². The van der Waals surface area contributed by atoms with Crippen molar-refractivity contribution in [3.05, 3.63) is 11.7 Å². The van der Waals surface area contributed by atoms with Gasteiger partial charge in [-0.1, -0.05) is 5.16 Å². The summed E-state index contributed by atoms with van der Waals surface area (Å²) in [6, 6.07) is 0.339. The van der Waals surface area contributed by atoms with Gasteiger partial charge in [-0.25, -0.2) is 0 Å². The summed E-state index contributed by atoms with van der Waals surface area (Å²) in [5, 5.41) is 7.17. The minimum Gasteiger partial charge on any atom is -0.377 e. The number of hydrogen-bond acceptors (Lipinski definition) is 5. The highest BCUT2D eigenvalue weighted by molar-refractivity contribution is 4.85. The summed E-state index contributed by atoms with van der Waals surface area (Å²) in [6.07, 6.45) is 2.63. The Morgan fingerprint density at radius 3 is 3.07 bits per heavy atom. The molecule has 1 fully saturated rings. The van der Waals surface area contributed by atoms with E-state index < -0.39 is 0 Å². The zero-order chi connectivity index (χ0) is 10.7. The Balaban J connectivity index is 1.77. The maximum absolute atomic E-state index is 5.58. The van der Waals surface area contributed by atoms with Gasteiger partial charge in [-0.05, 0) is 19.8 Å². The molecule has 2 atom stereocenters. The van der Waals surface area contributed by atoms with Crippen LogP contribution in [0.3, 0.4) is 0 Å². The molecule has 0 radical (unpaired) electrons. The summed E-state index contributed by atoms with van der Waals surface area (Å²) in [7, 11) is 0. The Morgan fingerprint density at radius 2 is 2.47 bits per heavy atom. The molecule has 1 aliphatic heterocycles. The standard InChI is InChI=1S/C10H17N3O2/c1-7(9-4-3-5-14-9)11-6-10-12-8(2)15-13-10/h7,9,11H,3-6H2,1-2H3/t7-,9+/m0/s1. The van der Waals surface area contributed by atoms with E-state index in [4.69, 9.17) is 9.26 Å². The molecule has 5 heteroatoms. The maximum Gasteiger partial charge on any atom is 0.223 e. The molecule has 5 nitrogen and oxygen atoms in total. The van der Waals surface area contributed by atoms with Gasteiger partial charge in [-0.3, -0.25) is 0 Å². The van der Waals surface area contributed by atoms with Gasteiger partial charge >= 0.3 is 0 Å². The van der Waals surface area contributed by atoms with Crippen molar-refractivity contribution in [2.75, 3.05) is 6.61 Å². The van der Waals surface area contributed by atoms with Gasteiger partial charge in [0.1, 0.15) is 0 Å². The van der Waals surface area contributed by atoms with Crippen LogP contribution in [-0.4, -0.2) is 28.9 Å². The number of nitrogens with one attached hydrogen (secondary N) is 1. The quantitative estimate of drug-likeness (QED) is 0.806. The van der Waals surface area contributed by atoms with E-state index in [1.165, 1.54) is 0 Å². The molecule has 0 spiro atoms. The van der Waals surface area contributed by atoms with Crippen molar-refractivity contribution in [1.29, 1.82) is 0 Å². The van der Waals surface area contributed by atoms with E-state index in [9.17, 15) is 0 Å². The van der Waals surface area contributed by atoms with E-state index in [1.807, 2.05) is 0 Å². The summed E-state index contributed by atoms with van der Waals surface area (Å²) < 4.78 is 10.5. The Bertz CT molecular complexity index is 307. The van der Waals surface area contributed by atoms with Crippen molar-refractivity contribution < 1.29 is 9.26 Å². The minimum atomic E-state index is 0.331. The molecule has 0 unspecified atom stereocenters. The molecular formula is C10H17N3O2. The van der Waals surface area contributed by atoms with E-state index in [0.717, 1.165) is 19.4 Å². The lowest BCUT2D eigenvalue weighted by Gasteiger charge is -2.18. The van der Waals surface area contributed by atoms with Gasteiger partial charge in [-0.15, -0.1) is 0 Å². The summed E-state index contributed by atoms with van der Waals surface area (Å²) in [5.41, 5.74) is 0. The molecule has 0 saturated carbocycles. The Hall–Kier alpha value is -0.940. The monoisotopic (exact) mass is 211 g/mol. The van der Waals surface area contributed by atoms with Gasteiger partial charge < -0.3 is 14.6 Å². The second kappa shape index (κ2) is 4.72. The highest BCUT2D eigenvalue weighted by atomic mass is 16.5. The van der Waals surface area contributed by atoms with Gasteiger partial charge in [-0.2, -0.15) is 4.98 Å². The molecule has 84 valence electrons. The molecule has 15 heavy (non-hydrogen) atoms. The normalized spacial score (nSPS) is 23.2. The predicted octanol–water partition coefficient (Wildman–Crippen LogP) is 1.04. The summed E-state index contributed by atoms with van der Waals surface area (Å²) in [4.78, 5) is 4.13. The molecule has 1 N–H and O–H groups in total. The fourth-order valence-corrected chi connectivity index (χ4v) is 1.79. The van der Waals surface area contributed by atoms with E-state index in [0.29, 0.717) is 30.4 Å². The number of rotatable bonds is 4. The minimum absolute atomic E-state index is 0.331. The van der Waals surface area contributed by atoms with Crippen LogP contribution in [0.15, 0.2) is 4.52 Å². The zero-order valence-corrected chi connectivity index (χ0v) is 9.19. The number of aromatic nitrogens is 2. The van der Waals surface area contributed by atoms with E-state index in [1.54, 1.807) is 6.92 Å². The van der Waals surface area contributed by atoms with Gasteiger partial charge in [0.15, 0.2) is 5.82 Å². The summed E-state index contributed by atoms with van der Waals surface area (Å²) >= 11 is 0. The molecule has 0 amide bonds. The SMILES string of the molecule is Cc1nc(CN[C@@H](C)[C@H]2CCCO2)no1. The van der Waals surface area contributed by atoms with Gasteiger partial charge in [0.2, 0.25) is 5.89 Å². The lowest BCUT2D eigenvalue weighted by atomic mass is 10.1. The predicted molar refractivity (Wildman–Crippen MR) is 54.3 cm³/mol. The first-order valence-corrected chi connectivity index (χ1v) is 5.40. The van der Waals surface area contributed by atoms with Crippen LogP contribution in [0.25, 0.3) is 0 Å². The molecule has 1 aromatic heterocycles. The Labute approximate surface area is 89.2 Å². The second-order valence-electron chi connectivity index (χ2n) is 3.95. The number of hydrogen-bond donors (Lipinski definition) is 1. The maximum atomic E-state index is 5.58.